The lowest BCUT2D eigenvalue weighted by molar-refractivity contribution is 0.362. The normalized spacial score (nSPS) is 21.4. The van der Waals surface area contributed by atoms with E-state index in [1.807, 2.05) is 6.92 Å². The first-order valence-electron chi connectivity index (χ1n) is 7.19. The van der Waals surface area contributed by atoms with Crippen LogP contribution in [0.1, 0.15) is 33.1 Å². The third kappa shape index (κ3) is 3.15. The molecular formula is C14H24N4O. The van der Waals surface area contributed by atoms with E-state index < -0.39 is 0 Å². The SMILES string of the molecule is CCCn1ccnc(N2CCCC(C(C)N)C2)c1=O. The molecule has 0 aromatic carbocycles. The van der Waals surface area contributed by atoms with Gasteiger partial charge in [0.2, 0.25) is 0 Å². The van der Waals surface area contributed by atoms with Gasteiger partial charge in [0.1, 0.15) is 0 Å². The van der Waals surface area contributed by atoms with Crippen LogP contribution in [0.5, 0.6) is 0 Å². The molecular weight excluding hydrogens is 240 g/mol. The van der Waals surface area contributed by atoms with Crippen LogP contribution in [0.15, 0.2) is 17.2 Å². The van der Waals surface area contributed by atoms with Crippen molar-refractivity contribution in [3.63, 3.8) is 0 Å². The third-order valence-electron chi connectivity index (χ3n) is 3.86. The predicted octanol–water partition coefficient (Wildman–Crippen LogP) is 1.22. The quantitative estimate of drug-likeness (QED) is 0.888. The second-order valence-corrected chi connectivity index (χ2v) is 5.46. The number of anilines is 1. The number of aryl methyl sites for hydroxylation is 1. The Labute approximate surface area is 114 Å². The summed E-state index contributed by atoms with van der Waals surface area (Å²) in [5, 5.41) is 0. The first-order valence-corrected chi connectivity index (χ1v) is 7.19. The zero-order valence-corrected chi connectivity index (χ0v) is 11.9. The molecule has 0 amide bonds. The Hall–Kier alpha value is -1.36. The van der Waals surface area contributed by atoms with E-state index in [-0.39, 0.29) is 11.6 Å². The maximum absolute atomic E-state index is 12.4. The van der Waals surface area contributed by atoms with Gasteiger partial charge in [-0.1, -0.05) is 6.92 Å². The Balaban J connectivity index is 2.21. The van der Waals surface area contributed by atoms with Crippen LogP contribution in [0.25, 0.3) is 0 Å². The molecule has 106 valence electrons. The third-order valence-corrected chi connectivity index (χ3v) is 3.86. The zero-order valence-electron chi connectivity index (χ0n) is 11.9. The summed E-state index contributed by atoms with van der Waals surface area (Å²) in [6, 6.07) is 0.171. The van der Waals surface area contributed by atoms with Crippen molar-refractivity contribution in [2.24, 2.45) is 11.7 Å². The Kier molecular flexibility index (Phi) is 4.58. The number of hydrogen-bond acceptors (Lipinski definition) is 4. The molecule has 0 saturated carbocycles. The number of nitrogens with two attached hydrogens (primary N) is 1. The minimum atomic E-state index is 0.0228. The molecule has 0 spiro atoms. The van der Waals surface area contributed by atoms with Gasteiger partial charge in [0.25, 0.3) is 5.56 Å². The highest BCUT2D eigenvalue weighted by atomic mass is 16.1. The lowest BCUT2D eigenvalue weighted by Crippen LogP contribution is -2.45. The minimum Gasteiger partial charge on any atom is -0.352 e. The lowest BCUT2D eigenvalue weighted by Gasteiger charge is -2.35. The molecule has 1 saturated heterocycles. The molecule has 2 unspecified atom stereocenters. The van der Waals surface area contributed by atoms with Crippen molar-refractivity contribution in [1.82, 2.24) is 9.55 Å². The van der Waals surface area contributed by atoms with Gasteiger partial charge in [-0.25, -0.2) is 4.98 Å². The van der Waals surface area contributed by atoms with Crippen LogP contribution in [0.4, 0.5) is 5.82 Å². The maximum Gasteiger partial charge on any atom is 0.293 e. The largest absolute Gasteiger partial charge is 0.352 e. The molecule has 2 rings (SSSR count). The first-order chi connectivity index (χ1) is 9.13. The summed E-state index contributed by atoms with van der Waals surface area (Å²) >= 11 is 0. The van der Waals surface area contributed by atoms with Crippen LogP contribution in [-0.4, -0.2) is 28.7 Å². The number of piperidine rings is 1. The highest BCUT2D eigenvalue weighted by Gasteiger charge is 2.25. The molecule has 1 aliphatic rings. The summed E-state index contributed by atoms with van der Waals surface area (Å²) in [6.45, 7) is 6.61. The summed E-state index contributed by atoms with van der Waals surface area (Å²) in [5.74, 6) is 1.04. The minimum absolute atomic E-state index is 0.0228. The topological polar surface area (TPSA) is 64.2 Å². The van der Waals surface area contributed by atoms with E-state index in [1.54, 1.807) is 17.0 Å². The van der Waals surface area contributed by atoms with Crippen molar-refractivity contribution in [2.75, 3.05) is 18.0 Å². The summed E-state index contributed by atoms with van der Waals surface area (Å²) in [7, 11) is 0. The average Bonchev–Trinajstić information content (AvgIpc) is 2.41. The monoisotopic (exact) mass is 264 g/mol. The van der Waals surface area contributed by atoms with E-state index >= 15 is 0 Å². The Morgan fingerprint density at radius 3 is 3.05 bits per heavy atom. The smallest absolute Gasteiger partial charge is 0.293 e. The van der Waals surface area contributed by atoms with Gasteiger partial charge in [-0.2, -0.15) is 0 Å². The van der Waals surface area contributed by atoms with Gasteiger partial charge < -0.3 is 15.2 Å². The molecule has 0 bridgehead atoms. The van der Waals surface area contributed by atoms with Gasteiger partial charge in [-0.3, -0.25) is 4.79 Å². The fraction of sp³-hybridized carbons (Fsp3) is 0.714. The van der Waals surface area contributed by atoms with Gasteiger partial charge in [0.15, 0.2) is 5.82 Å². The number of nitrogens with zero attached hydrogens (tertiary/aromatic N) is 3. The van der Waals surface area contributed by atoms with Crippen LogP contribution in [0.3, 0.4) is 0 Å². The highest BCUT2D eigenvalue weighted by molar-refractivity contribution is 5.36. The molecule has 1 fully saturated rings. The predicted molar refractivity (Wildman–Crippen MR) is 77.4 cm³/mol. The molecule has 2 heterocycles. The van der Waals surface area contributed by atoms with Crippen molar-refractivity contribution in [3.05, 3.63) is 22.7 Å². The lowest BCUT2D eigenvalue weighted by atomic mass is 9.92. The van der Waals surface area contributed by atoms with Gasteiger partial charge in [-0.05, 0) is 32.1 Å². The van der Waals surface area contributed by atoms with E-state index in [1.165, 1.54) is 0 Å². The summed E-state index contributed by atoms with van der Waals surface area (Å²) < 4.78 is 1.75. The van der Waals surface area contributed by atoms with Crippen LogP contribution >= 0.6 is 0 Å². The van der Waals surface area contributed by atoms with Crippen LogP contribution < -0.4 is 16.2 Å². The van der Waals surface area contributed by atoms with Gasteiger partial charge >= 0.3 is 0 Å². The van der Waals surface area contributed by atoms with Crippen LogP contribution in [-0.2, 0) is 6.54 Å². The van der Waals surface area contributed by atoms with Crippen LogP contribution in [0, 0.1) is 5.92 Å². The van der Waals surface area contributed by atoms with E-state index in [0.717, 1.165) is 38.9 Å². The number of aromatic nitrogens is 2. The molecule has 0 aliphatic carbocycles. The van der Waals surface area contributed by atoms with E-state index in [4.69, 9.17) is 5.73 Å². The Morgan fingerprint density at radius 2 is 2.37 bits per heavy atom. The standard InChI is InChI=1S/C14H24N4O/c1-3-7-17-9-6-16-13(14(17)19)18-8-4-5-12(10-18)11(2)15/h6,9,11-12H,3-5,7-8,10,15H2,1-2H3. The van der Waals surface area contributed by atoms with E-state index in [9.17, 15) is 4.79 Å². The average molecular weight is 264 g/mol. The van der Waals surface area contributed by atoms with Crippen molar-refractivity contribution in [1.29, 1.82) is 0 Å². The zero-order chi connectivity index (χ0) is 13.8. The van der Waals surface area contributed by atoms with Crippen LogP contribution in [0.2, 0.25) is 0 Å². The van der Waals surface area contributed by atoms with Gasteiger partial charge in [-0.15, -0.1) is 0 Å². The molecule has 19 heavy (non-hydrogen) atoms. The van der Waals surface area contributed by atoms with Crippen molar-refractivity contribution in [3.8, 4) is 0 Å². The molecule has 1 aliphatic heterocycles. The van der Waals surface area contributed by atoms with Gasteiger partial charge in [0, 0.05) is 38.1 Å². The number of hydrogen-bond donors (Lipinski definition) is 1. The van der Waals surface area contributed by atoms with Crippen molar-refractivity contribution < 1.29 is 0 Å². The summed E-state index contributed by atoms with van der Waals surface area (Å²) in [4.78, 5) is 18.8. The molecule has 1 aromatic rings. The summed E-state index contributed by atoms with van der Waals surface area (Å²) in [6.07, 6.45) is 6.66. The number of rotatable bonds is 4. The second kappa shape index (κ2) is 6.19. The molecule has 1 aromatic heterocycles. The van der Waals surface area contributed by atoms with E-state index in [0.29, 0.717) is 11.7 Å². The fourth-order valence-electron chi connectivity index (χ4n) is 2.70. The molecule has 5 heteroatoms. The molecule has 0 radical (unpaired) electrons. The second-order valence-electron chi connectivity index (χ2n) is 5.46. The Morgan fingerprint density at radius 1 is 1.58 bits per heavy atom. The molecule has 5 nitrogen and oxygen atoms in total. The van der Waals surface area contributed by atoms with Crippen molar-refractivity contribution in [2.45, 2.75) is 45.7 Å². The highest BCUT2D eigenvalue weighted by Crippen LogP contribution is 2.21. The summed E-state index contributed by atoms with van der Waals surface area (Å²) in [5.41, 5.74) is 6.02. The first kappa shape index (κ1) is 14.1. The fourth-order valence-corrected chi connectivity index (χ4v) is 2.70. The maximum atomic E-state index is 12.4. The van der Waals surface area contributed by atoms with Gasteiger partial charge in [0.05, 0.1) is 0 Å². The van der Waals surface area contributed by atoms with Crippen molar-refractivity contribution >= 4 is 5.82 Å². The molecule has 2 N–H and O–H groups in total. The molecule has 2 atom stereocenters. The van der Waals surface area contributed by atoms with E-state index in [2.05, 4.69) is 16.8 Å². The Bertz CT molecular complexity index is 469.